The van der Waals surface area contributed by atoms with E-state index in [-0.39, 0.29) is 28.9 Å². The second-order valence-corrected chi connectivity index (χ2v) is 4.45. The molecule has 0 spiro atoms. The van der Waals surface area contributed by atoms with Gasteiger partial charge >= 0.3 is 11.9 Å². The number of hydrogen-bond donors (Lipinski definition) is 1. The molecule has 2 aromatic carbocycles. The quantitative estimate of drug-likeness (QED) is 0.878. The molecule has 0 aromatic heterocycles. The van der Waals surface area contributed by atoms with Gasteiger partial charge in [0.15, 0.2) is 0 Å². The van der Waals surface area contributed by atoms with E-state index in [2.05, 4.69) is 0 Å². The summed E-state index contributed by atoms with van der Waals surface area (Å²) in [6, 6.07) is 6.83. The molecular formula is C16H12F2O4. The number of carboxylic acids is 1. The highest BCUT2D eigenvalue weighted by atomic mass is 19.1. The lowest BCUT2D eigenvalue weighted by atomic mass is 10.0. The SMILES string of the molecule is CCOC(=O)c1ccc(-c2cc(F)cc(C(=O)O)c2)cc1F. The summed E-state index contributed by atoms with van der Waals surface area (Å²) in [7, 11) is 0. The fourth-order valence-electron chi connectivity index (χ4n) is 1.95. The molecule has 4 nitrogen and oxygen atoms in total. The largest absolute Gasteiger partial charge is 0.478 e. The minimum absolute atomic E-state index is 0.117. The number of ether oxygens (including phenoxy) is 1. The van der Waals surface area contributed by atoms with Crippen molar-refractivity contribution in [3.63, 3.8) is 0 Å². The average molecular weight is 306 g/mol. The molecule has 0 saturated carbocycles. The normalized spacial score (nSPS) is 10.3. The molecule has 0 heterocycles. The molecule has 0 radical (unpaired) electrons. The average Bonchev–Trinajstić information content (AvgIpc) is 2.46. The van der Waals surface area contributed by atoms with Crippen molar-refractivity contribution >= 4 is 11.9 Å². The molecule has 22 heavy (non-hydrogen) atoms. The zero-order valence-corrected chi connectivity index (χ0v) is 11.6. The minimum Gasteiger partial charge on any atom is -0.478 e. The van der Waals surface area contributed by atoms with Crippen LogP contribution in [0.25, 0.3) is 11.1 Å². The van der Waals surface area contributed by atoms with Gasteiger partial charge < -0.3 is 9.84 Å². The first kappa shape index (κ1) is 15.6. The molecule has 0 aliphatic heterocycles. The van der Waals surface area contributed by atoms with Crippen molar-refractivity contribution in [1.29, 1.82) is 0 Å². The van der Waals surface area contributed by atoms with E-state index in [0.717, 1.165) is 18.2 Å². The topological polar surface area (TPSA) is 63.6 Å². The van der Waals surface area contributed by atoms with E-state index < -0.39 is 23.6 Å². The Morgan fingerprint density at radius 3 is 2.41 bits per heavy atom. The van der Waals surface area contributed by atoms with Crippen LogP contribution in [0.4, 0.5) is 8.78 Å². The monoisotopic (exact) mass is 306 g/mol. The van der Waals surface area contributed by atoms with Gasteiger partial charge in [-0.2, -0.15) is 0 Å². The van der Waals surface area contributed by atoms with Crippen LogP contribution in [0, 0.1) is 11.6 Å². The zero-order chi connectivity index (χ0) is 16.3. The van der Waals surface area contributed by atoms with Crippen molar-refractivity contribution < 1.29 is 28.2 Å². The first-order valence-electron chi connectivity index (χ1n) is 6.43. The van der Waals surface area contributed by atoms with Gasteiger partial charge in [0.05, 0.1) is 17.7 Å². The summed E-state index contributed by atoms with van der Waals surface area (Å²) in [6.07, 6.45) is 0. The van der Waals surface area contributed by atoms with Gasteiger partial charge in [-0.25, -0.2) is 18.4 Å². The molecule has 0 bridgehead atoms. The first-order valence-corrected chi connectivity index (χ1v) is 6.43. The van der Waals surface area contributed by atoms with Crippen LogP contribution in [0.5, 0.6) is 0 Å². The van der Waals surface area contributed by atoms with Gasteiger partial charge in [0, 0.05) is 0 Å². The summed E-state index contributed by atoms with van der Waals surface area (Å²) in [6.45, 7) is 1.72. The van der Waals surface area contributed by atoms with Crippen LogP contribution in [0.3, 0.4) is 0 Å². The van der Waals surface area contributed by atoms with E-state index in [1.165, 1.54) is 18.2 Å². The third-order valence-electron chi connectivity index (χ3n) is 2.94. The number of rotatable bonds is 4. The number of hydrogen-bond acceptors (Lipinski definition) is 3. The Morgan fingerprint density at radius 1 is 1.09 bits per heavy atom. The Bertz CT molecular complexity index is 741. The Morgan fingerprint density at radius 2 is 1.82 bits per heavy atom. The van der Waals surface area contributed by atoms with Crippen molar-refractivity contribution in [3.8, 4) is 11.1 Å². The smallest absolute Gasteiger partial charge is 0.341 e. The zero-order valence-electron chi connectivity index (χ0n) is 11.6. The van der Waals surface area contributed by atoms with Crippen LogP contribution in [-0.2, 0) is 4.74 Å². The molecule has 0 unspecified atom stereocenters. The van der Waals surface area contributed by atoms with Crippen LogP contribution in [-0.4, -0.2) is 23.7 Å². The van der Waals surface area contributed by atoms with E-state index in [9.17, 15) is 18.4 Å². The predicted molar refractivity (Wildman–Crippen MR) is 74.7 cm³/mol. The van der Waals surface area contributed by atoms with Crippen LogP contribution in [0.1, 0.15) is 27.6 Å². The Hall–Kier alpha value is -2.76. The fourth-order valence-corrected chi connectivity index (χ4v) is 1.95. The second-order valence-electron chi connectivity index (χ2n) is 4.45. The van der Waals surface area contributed by atoms with Crippen molar-refractivity contribution in [1.82, 2.24) is 0 Å². The highest BCUT2D eigenvalue weighted by molar-refractivity contribution is 5.91. The Balaban J connectivity index is 2.44. The first-order chi connectivity index (χ1) is 10.4. The number of carbonyl (C=O) groups excluding carboxylic acids is 1. The summed E-state index contributed by atoms with van der Waals surface area (Å²) < 4.78 is 32.1. The van der Waals surface area contributed by atoms with Gasteiger partial charge in [-0.1, -0.05) is 6.07 Å². The molecule has 0 amide bonds. The second kappa shape index (κ2) is 6.34. The fraction of sp³-hybridized carbons (Fsp3) is 0.125. The van der Waals surface area contributed by atoms with Gasteiger partial charge in [0.25, 0.3) is 0 Å². The Labute approximate surface area is 125 Å². The molecule has 1 N–H and O–H groups in total. The summed E-state index contributed by atoms with van der Waals surface area (Å²) >= 11 is 0. The third kappa shape index (κ3) is 3.28. The van der Waals surface area contributed by atoms with E-state index in [1.54, 1.807) is 6.92 Å². The van der Waals surface area contributed by atoms with Crippen LogP contribution in [0.2, 0.25) is 0 Å². The number of carbonyl (C=O) groups is 2. The lowest BCUT2D eigenvalue weighted by Gasteiger charge is -2.07. The lowest BCUT2D eigenvalue weighted by Crippen LogP contribution is -2.07. The number of benzene rings is 2. The van der Waals surface area contributed by atoms with Crippen LogP contribution >= 0.6 is 0 Å². The summed E-state index contributed by atoms with van der Waals surface area (Å²) in [4.78, 5) is 22.4. The highest BCUT2D eigenvalue weighted by Gasteiger charge is 2.15. The maximum Gasteiger partial charge on any atom is 0.341 e. The lowest BCUT2D eigenvalue weighted by molar-refractivity contribution is 0.0520. The molecule has 0 aliphatic carbocycles. The number of aromatic carboxylic acids is 1. The number of halogens is 2. The molecule has 2 aromatic rings. The van der Waals surface area contributed by atoms with Crippen molar-refractivity contribution in [3.05, 3.63) is 59.2 Å². The molecule has 6 heteroatoms. The summed E-state index contributed by atoms with van der Waals surface area (Å²) in [5, 5.41) is 8.91. The van der Waals surface area contributed by atoms with Gasteiger partial charge in [0.1, 0.15) is 11.6 Å². The van der Waals surface area contributed by atoms with Gasteiger partial charge in [-0.15, -0.1) is 0 Å². The van der Waals surface area contributed by atoms with Gasteiger partial charge in [-0.05, 0) is 48.4 Å². The molecule has 0 saturated heterocycles. The molecule has 2 rings (SSSR count). The molecule has 0 atom stereocenters. The van der Waals surface area contributed by atoms with Gasteiger partial charge in [0.2, 0.25) is 0 Å². The molecular weight excluding hydrogens is 294 g/mol. The van der Waals surface area contributed by atoms with Gasteiger partial charge in [-0.3, -0.25) is 0 Å². The molecule has 0 fully saturated rings. The Kier molecular flexibility index (Phi) is 4.50. The van der Waals surface area contributed by atoms with E-state index in [1.807, 2.05) is 0 Å². The predicted octanol–water partition coefficient (Wildman–Crippen LogP) is 3.51. The van der Waals surface area contributed by atoms with Crippen LogP contribution < -0.4 is 0 Å². The highest BCUT2D eigenvalue weighted by Crippen LogP contribution is 2.24. The maximum atomic E-state index is 14.0. The van der Waals surface area contributed by atoms with E-state index in [0.29, 0.717) is 0 Å². The van der Waals surface area contributed by atoms with E-state index in [4.69, 9.17) is 9.84 Å². The minimum atomic E-state index is -1.29. The van der Waals surface area contributed by atoms with Crippen molar-refractivity contribution in [2.75, 3.05) is 6.61 Å². The van der Waals surface area contributed by atoms with Crippen molar-refractivity contribution in [2.24, 2.45) is 0 Å². The third-order valence-corrected chi connectivity index (χ3v) is 2.94. The van der Waals surface area contributed by atoms with Crippen molar-refractivity contribution in [2.45, 2.75) is 6.92 Å². The number of esters is 1. The molecule has 0 aliphatic rings. The molecule has 114 valence electrons. The summed E-state index contributed by atoms with van der Waals surface area (Å²) in [5.41, 5.74) is -0.0235. The number of carboxylic acid groups (broad SMARTS) is 1. The standard InChI is InChI=1S/C16H12F2O4/c1-2-22-16(21)13-4-3-9(8-14(13)18)10-5-11(15(19)20)7-12(17)6-10/h3-8H,2H2,1H3,(H,19,20). The van der Waals surface area contributed by atoms with Crippen LogP contribution in [0.15, 0.2) is 36.4 Å². The summed E-state index contributed by atoms with van der Waals surface area (Å²) in [5.74, 6) is -3.65. The van der Waals surface area contributed by atoms with E-state index >= 15 is 0 Å². The maximum absolute atomic E-state index is 14.0.